The van der Waals surface area contributed by atoms with Crippen molar-refractivity contribution >= 4 is 16.8 Å². The van der Waals surface area contributed by atoms with Gasteiger partial charge in [0.1, 0.15) is 5.69 Å². The number of aromatic amines is 1. The summed E-state index contributed by atoms with van der Waals surface area (Å²) in [5.41, 5.74) is -0.127. The van der Waals surface area contributed by atoms with Crippen LogP contribution >= 0.6 is 0 Å². The lowest BCUT2D eigenvalue weighted by Crippen LogP contribution is -2.25. The largest absolute Gasteiger partial charge is 0.416 e. The lowest BCUT2D eigenvalue weighted by atomic mass is 10.1. The molecule has 2 rings (SSSR count). The number of rotatable bonds is 2. The van der Waals surface area contributed by atoms with Crippen LogP contribution in [0.3, 0.4) is 0 Å². The van der Waals surface area contributed by atoms with Gasteiger partial charge in [0.05, 0.1) is 12.7 Å². The number of hydrogen-bond donors (Lipinski definition) is 1. The van der Waals surface area contributed by atoms with Crippen LogP contribution in [0.1, 0.15) is 16.1 Å². The highest BCUT2D eigenvalue weighted by atomic mass is 19.4. The van der Waals surface area contributed by atoms with Gasteiger partial charge in [-0.05, 0) is 24.3 Å². The van der Waals surface area contributed by atoms with Crippen LogP contribution in [0.2, 0.25) is 0 Å². The molecule has 19 heavy (non-hydrogen) atoms. The molecule has 1 aromatic carbocycles. The van der Waals surface area contributed by atoms with Crippen LogP contribution in [-0.4, -0.2) is 30.1 Å². The summed E-state index contributed by atoms with van der Waals surface area (Å²) in [5.74, 6) is -0.466. The Labute approximate surface area is 106 Å². The molecule has 0 spiro atoms. The van der Waals surface area contributed by atoms with E-state index in [0.717, 1.165) is 17.2 Å². The van der Waals surface area contributed by atoms with Crippen molar-refractivity contribution in [2.45, 2.75) is 6.18 Å². The Hall–Kier alpha value is -2.02. The Balaban J connectivity index is 2.44. The average molecular weight is 272 g/mol. The number of carbonyl (C=O) groups is 1. The molecule has 1 aromatic heterocycles. The molecule has 0 aliphatic heterocycles. The summed E-state index contributed by atoms with van der Waals surface area (Å²) < 4.78 is 37.7. The minimum atomic E-state index is -4.40. The van der Waals surface area contributed by atoms with E-state index in [0.29, 0.717) is 10.9 Å². The second kappa shape index (κ2) is 4.58. The van der Waals surface area contributed by atoms with E-state index in [1.807, 2.05) is 0 Å². The number of aromatic nitrogens is 1. The number of halogens is 3. The molecule has 0 saturated carbocycles. The summed E-state index contributed by atoms with van der Waals surface area (Å²) in [6.07, 6.45) is -4.40. The third-order valence-corrected chi connectivity index (χ3v) is 2.74. The Morgan fingerprint density at radius 3 is 2.58 bits per heavy atom. The lowest BCUT2D eigenvalue weighted by Gasteiger charge is -2.11. The topological polar surface area (TPSA) is 45.3 Å². The molecular formula is C12H11F3N2O2. The van der Waals surface area contributed by atoms with Crippen molar-refractivity contribution in [3.8, 4) is 0 Å². The number of fused-ring (bicyclic) bond motifs is 1. The van der Waals surface area contributed by atoms with Crippen molar-refractivity contribution in [3.05, 3.63) is 35.5 Å². The first-order chi connectivity index (χ1) is 8.82. The zero-order valence-corrected chi connectivity index (χ0v) is 10.2. The maximum absolute atomic E-state index is 12.6. The standard InChI is InChI=1S/C12H11F3N2O2/c1-17(19-2)11(18)10-6-7-5-8(12(13,14)15)3-4-9(7)16-10/h3-6,16H,1-2H3. The number of nitrogens with one attached hydrogen (secondary N) is 1. The maximum atomic E-state index is 12.6. The van der Waals surface area contributed by atoms with Gasteiger partial charge in [-0.1, -0.05) is 0 Å². The molecule has 0 saturated heterocycles. The van der Waals surface area contributed by atoms with Crippen molar-refractivity contribution in [3.63, 3.8) is 0 Å². The number of nitrogens with zero attached hydrogens (tertiary/aromatic N) is 1. The second-order valence-corrected chi connectivity index (χ2v) is 3.97. The van der Waals surface area contributed by atoms with Gasteiger partial charge < -0.3 is 4.98 Å². The van der Waals surface area contributed by atoms with Gasteiger partial charge in [0.2, 0.25) is 0 Å². The SMILES string of the molecule is CON(C)C(=O)c1cc2cc(C(F)(F)F)ccc2[nH]1. The van der Waals surface area contributed by atoms with E-state index in [1.165, 1.54) is 26.3 Å². The molecule has 0 fully saturated rings. The molecule has 2 aromatic rings. The summed E-state index contributed by atoms with van der Waals surface area (Å²) in [6.45, 7) is 0. The van der Waals surface area contributed by atoms with Gasteiger partial charge in [0.15, 0.2) is 0 Å². The zero-order valence-electron chi connectivity index (χ0n) is 10.2. The normalized spacial score (nSPS) is 11.8. The van der Waals surface area contributed by atoms with E-state index in [4.69, 9.17) is 4.84 Å². The fraction of sp³-hybridized carbons (Fsp3) is 0.250. The molecule has 1 heterocycles. The monoisotopic (exact) mass is 272 g/mol. The lowest BCUT2D eigenvalue weighted by molar-refractivity contribution is -0.137. The molecule has 0 unspecified atom stereocenters. The molecule has 0 bridgehead atoms. The number of amides is 1. The van der Waals surface area contributed by atoms with Crippen molar-refractivity contribution in [2.75, 3.05) is 14.2 Å². The van der Waals surface area contributed by atoms with Gasteiger partial charge in [0, 0.05) is 18.0 Å². The third-order valence-electron chi connectivity index (χ3n) is 2.74. The van der Waals surface area contributed by atoms with Gasteiger partial charge in [-0.2, -0.15) is 13.2 Å². The van der Waals surface area contributed by atoms with Crippen LogP contribution in [-0.2, 0) is 11.0 Å². The summed E-state index contributed by atoms with van der Waals surface area (Å²) in [4.78, 5) is 19.2. The van der Waals surface area contributed by atoms with E-state index >= 15 is 0 Å². The number of H-pyrrole nitrogens is 1. The number of hydrogen-bond acceptors (Lipinski definition) is 2. The smallest absolute Gasteiger partial charge is 0.350 e. The molecule has 1 amide bonds. The summed E-state index contributed by atoms with van der Waals surface area (Å²) in [5, 5.41) is 1.30. The van der Waals surface area contributed by atoms with E-state index in [2.05, 4.69) is 4.98 Å². The van der Waals surface area contributed by atoms with Crippen LogP contribution in [0, 0.1) is 0 Å². The number of alkyl halides is 3. The summed E-state index contributed by atoms with van der Waals surface area (Å²) in [7, 11) is 2.73. The molecule has 0 atom stereocenters. The fourth-order valence-corrected chi connectivity index (χ4v) is 1.68. The quantitative estimate of drug-likeness (QED) is 0.854. The van der Waals surface area contributed by atoms with Crippen LogP contribution in [0.5, 0.6) is 0 Å². The molecule has 0 radical (unpaired) electrons. The highest BCUT2D eigenvalue weighted by Crippen LogP contribution is 2.31. The Bertz CT molecular complexity index is 619. The minimum Gasteiger partial charge on any atom is -0.350 e. The summed E-state index contributed by atoms with van der Waals surface area (Å²) >= 11 is 0. The van der Waals surface area contributed by atoms with Gasteiger partial charge in [0.25, 0.3) is 5.91 Å². The van der Waals surface area contributed by atoms with Crippen LogP contribution in [0.4, 0.5) is 13.2 Å². The number of benzene rings is 1. The van der Waals surface area contributed by atoms with Crippen LogP contribution in [0.25, 0.3) is 10.9 Å². The third kappa shape index (κ3) is 2.55. The Kier molecular flexibility index (Phi) is 3.23. The van der Waals surface area contributed by atoms with E-state index in [1.54, 1.807) is 0 Å². The molecule has 1 N–H and O–H groups in total. The fourth-order valence-electron chi connectivity index (χ4n) is 1.68. The second-order valence-electron chi connectivity index (χ2n) is 3.97. The molecular weight excluding hydrogens is 261 g/mol. The first-order valence-corrected chi connectivity index (χ1v) is 5.35. The van der Waals surface area contributed by atoms with Crippen molar-refractivity contribution in [2.24, 2.45) is 0 Å². The minimum absolute atomic E-state index is 0.165. The number of hydroxylamine groups is 2. The van der Waals surface area contributed by atoms with Gasteiger partial charge in [-0.3, -0.25) is 9.63 Å². The highest BCUT2D eigenvalue weighted by Gasteiger charge is 2.30. The zero-order chi connectivity index (χ0) is 14.2. The molecule has 102 valence electrons. The predicted octanol–water partition coefficient (Wildman–Crippen LogP) is 2.82. The van der Waals surface area contributed by atoms with Crippen molar-refractivity contribution < 1.29 is 22.8 Å². The van der Waals surface area contributed by atoms with E-state index < -0.39 is 17.6 Å². The highest BCUT2D eigenvalue weighted by molar-refractivity contribution is 5.97. The molecule has 0 aliphatic carbocycles. The van der Waals surface area contributed by atoms with Crippen molar-refractivity contribution in [1.29, 1.82) is 0 Å². The van der Waals surface area contributed by atoms with E-state index in [9.17, 15) is 18.0 Å². The maximum Gasteiger partial charge on any atom is 0.416 e. The molecule has 0 aliphatic rings. The predicted molar refractivity (Wildman–Crippen MR) is 62.4 cm³/mol. The Morgan fingerprint density at radius 1 is 1.32 bits per heavy atom. The van der Waals surface area contributed by atoms with Gasteiger partial charge in [-0.15, -0.1) is 0 Å². The van der Waals surface area contributed by atoms with Crippen molar-refractivity contribution in [1.82, 2.24) is 10.0 Å². The Morgan fingerprint density at radius 2 is 2.00 bits per heavy atom. The first kappa shape index (κ1) is 13.4. The molecule has 4 nitrogen and oxygen atoms in total. The van der Waals surface area contributed by atoms with Crippen LogP contribution in [0.15, 0.2) is 24.3 Å². The van der Waals surface area contributed by atoms with Gasteiger partial charge in [-0.25, -0.2) is 5.06 Å². The first-order valence-electron chi connectivity index (χ1n) is 5.35. The van der Waals surface area contributed by atoms with Gasteiger partial charge >= 0.3 is 6.18 Å². The average Bonchev–Trinajstić information content (AvgIpc) is 2.78. The number of carbonyl (C=O) groups excluding carboxylic acids is 1. The summed E-state index contributed by atoms with van der Waals surface area (Å²) in [6, 6.07) is 4.62. The van der Waals surface area contributed by atoms with E-state index in [-0.39, 0.29) is 5.69 Å². The molecule has 7 heteroatoms. The van der Waals surface area contributed by atoms with Crippen LogP contribution < -0.4 is 0 Å².